The van der Waals surface area contributed by atoms with E-state index in [1.54, 1.807) is 6.07 Å². The van der Waals surface area contributed by atoms with Crippen molar-refractivity contribution in [3.63, 3.8) is 0 Å². The number of rotatable bonds is 2. The number of benzene rings is 2. The van der Waals surface area contributed by atoms with Gasteiger partial charge in [-0.3, -0.25) is 4.98 Å². The number of hydrogen-bond donors (Lipinski definition) is 1. The zero-order valence-corrected chi connectivity index (χ0v) is 13.0. The molecule has 0 bridgehead atoms. The molecule has 1 aromatic heterocycles. The molecule has 0 aliphatic rings. The van der Waals surface area contributed by atoms with E-state index in [4.69, 9.17) is 5.26 Å². The lowest BCUT2D eigenvalue weighted by Gasteiger charge is -2.10. The molecule has 0 unspecified atom stereocenters. The van der Waals surface area contributed by atoms with Crippen LogP contribution in [0.15, 0.2) is 53.0 Å². The molecule has 3 aromatic rings. The second-order valence-electron chi connectivity index (χ2n) is 4.76. The van der Waals surface area contributed by atoms with E-state index in [-0.39, 0.29) is 0 Å². The number of nitrogens with one attached hydrogen (secondary N) is 1. The molecule has 1 N–H and O–H groups in total. The number of anilines is 2. The Morgan fingerprint density at radius 1 is 1.14 bits per heavy atom. The number of nitrogens with zero attached hydrogens (tertiary/aromatic N) is 2. The number of nitriles is 1. The number of aromatic nitrogens is 1. The maximum atomic E-state index is 8.96. The van der Waals surface area contributed by atoms with Crippen molar-refractivity contribution in [2.45, 2.75) is 6.92 Å². The van der Waals surface area contributed by atoms with Gasteiger partial charge in [0.2, 0.25) is 0 Å². The fourth-order valence-corrected chi connectivity index (χ4v) is 2.65. The van der Waals surface area contributed by atoms with E-state index in [1.165, 1.54) is 0 Å². The lowest BCUT2D eigenvalue weighted by molar-refractivity contribution is 1.25. The van der Waals surface area contributed by atoms with Crippen LogP contribution in [0.5, 0.6) is 0 Å². The van der Waals surface area contributed by atoms with Gasteiger partial charge >= 0.3 is 0 Å². The van der Waals surface area contributed by atoms with Gasteiger partial charge < -0.3 is 5.32 Å². The summed E-state index contributed by atoms with van der Waals surface area (Å²) in [5, 5.41) is 13.4. The van der Waals surface area contributed by atoms with Crippen molar-refractivity contribution in [1.29, 1.82) is 5.26 Å². The van der Waals surface area contributed by atoms with E-state index < -0.39 is 0 Å². The largest absolute Gasteiger partial charge is 0.354 e. The van der Waals surface area contributed by atoms with Crippen LogP contribution < -0.4 is 5.32 Å². The first-order valence-corrected chi connectivity index (χ1v) is 7.30. The smallest absolute Gasteiger partial charge is 0.100 e. The topological polar surface area (TPSA) is 48.7 Å². The van der Waals surface area contributed by atoms with Crippen molar-refractivity contribution in [3.05, 3.63) is 64.3 Å². The number of aryl methyl sites for hydroxylation is 1. The summed E-state index contributed by atoms with van der Waals surface area (Å²) in [6.45, 7) is 1.98. The summed E-state index contributed by atoms with van der Waals surface area (Å²) in [6.07, 6.45) is 0. The maximum absolute atomic E-state index is 8.96. The molecule has 0 spiro atoms. The standard InChI is InChI=1S/C17H12BrN3/c1-11-5-6-12-3-2-4-16(17(12)20-11)21-14-8-7-13(10-19)15(18)9-14/h2-9,21H,1H3. The molecule has 3 rings (SSSR count). The fourth-order valence-electron chi connectivity index (χ4n) is 2.18. The quantitative estimate of drug-likeness (QED) is 0.721. The summed E-state index contributed by atoms with van der Waals surface area (Å²) >= 11 is 3.40. The molecule has 0 fully saturated rings. The molecular weight excluding hydrogens is 326 g/mol. The minimum Gasteiger partial charge on any atom is -0.354 e. The first kappa shape index (κ1) is 13.6. The highest BCUT2D eigenvalue weighted by atomic mass is 79.9. The van der Waals surface area contributed by atoms with Crippen molar-refractivity contribution in [2.75, 3.05) is 5.32 Å². The first-order valence-electron chi connectivity index (χ1n) is 6.50. The fraction of sp³-hybridized carbons (Fsp3) is 0.0588. The summed E-state index contributed by atoms with van der Waals surface area (Å²) < 4.78 is 0.777. The molecule has 21 heavy (non-hydrogen) atoms. The highest BCUT2D eigenvalue weighted by Gasteiger charge is 2.05. The number of pyridine rings is 1. The predicted octanol–water partition coefficient (Wildman–Crippen LogP) is 4.92. The Morgan fingerprint density at radius 3 is 2.76 bits per heavy atom. The highest BCUT2D eigenvalue weighted by molar-refractivity contribution is 9.10. The SMILES string of the molecule is Cc1ccc2cccc(Nc3ccc(C#N)c(Br)c3)c2n1. The van der Waals surface area contributed by atoms with Crippen molar-refractivity contribution in [2.24, 2.45) is 0 Å². The molecule has 0 saturated carbocycles. The summed E-state index contributed by atoms with van der Waals surface area (Å²) in [6, 6.07) is 17.8. The van der Waals surface area contributed by atoms with Gasteiger partial charge in [0.25, 0.3) is 0 Å². The molecule has 0 saturated heterocycles. The van der Waals surface area contributed by atoms with Crippen LogP contribution in [0, 0.1) is 18.3 Å². The van der Waals surface area contributed by atoms with Gasteiger partial charge in [-0.1, -0.05) is 18.2 Å². The summed E-state index contributed by atoms with van der Waals surface area (Å²) in [4.78, 5) is 4.60. The third kappa shape index (κ3) is 2.74. The van der Waals surface area contributed by atoms with Crippen LogP contribution in [0.1, 0.15) is 11.3 Å². The number of hydrogen-bond acceptors (Lipinski definition) is 3. The summed E-state index contributed by atoms with van der Waals surface area (Å²) in [5.41, 5.74) is 4.41. The molecule has 3 nitrogen and oxygen atoms in total. The summed E-state index contributed by atoms with van der Waals surface area (Å²) in [7, 11) is 0. The second kappa shape index (κ2) is 5.55. The Kier molecular flexibility index (Phi) is 3.59. The monoisotopic (exact) mass is 337 g/mol. The molecule has 0 aliphatic heterocycles. The van der Waals surface area contributed by atoms with Crippen LogP contribution in [0.3, 0.4) is 0 Å². The highest BCUT2D eigenvalue weighted by Crippen LogP contribution is 2.27. The average molecular weight is 338 g/mol. The van der Waals surface area contributed by atoms with Gasteiger partial charge in [-0.15, -0.1) is 0 Å². The van der Waals surface area contributed by atoms with Crippen LogP contribution >= 0.6 is 15.9 Å². The van der Waals surface area contributed by atoms with E-state index in [2.05, 4.69) is 38.4 Å². The number of para-hydroxylation sites is 1. The van der Waals surface area contributed by atoms with Crippen LogP contribution in [0.2, 0.25) is 0 Å². The molecule has 4 heteroatoms. The van der Waals surface area contributed by atoms with Crippen molar-refractivity contribution >= 4 is 38.2 Å². The van der Waals surface area contributed by atoms with Crippen LogP contribution in [0.4, 0.5) is 11.4 Å². The third-order valence-corrected chi connectivity index (χ3v) is 3.88. The Morgan fingerprint density at radius 2 is 2.00 bits per heavy atom. The van der Waals surface area contributed by atoms with Gasteiger partial charge in [0, 0.05) is 21.2 Å². The van der Waals surface area contributed by atoms with Gasteiger partial charge in [0.1, 0.15) is 6.07 Å². The molecule has 0 amide bonds. The molecule has 1 heterocycles. The average Bonchev–Trinajstić information content (AvgIpc) is 2.48. The summed E-state index contributed by atoms with van der Waals surface area (Å²) in [5.74, 6) is 0. The van der Waals surface area contributed by atoms with Crippen molar-refractivity contribution < 1.29 is 0 Å². The predicted molar refractivity (Wildman–Crippen MR) is 88.6 cm³/mol. The molecule has 0 aliphatic carbocycles. The zero-order chi connectivity index (χ0) is 14.8. The lowest BCUT2D eigenvalue weighted by Crippen LogP contribution is -1.94. The van der Waals surface area contributed by atoms with Gasteiger partial charge in [0.05, 0.1) is 16.8 Å². The zero-order valence-electron chi connectivity index (χ0n) is 11.4. The molecule has 2 aromatic carbocycles. The van der Waals surface area contributed by atoms with E-state index in [0.29, 0.717) is 5.56 Å². The Balaban J connectivity index is 2.04. The minimum atomic E-state index is 0.618. The van der Waals surface area contributed by atoms with Gasteiger partial charge in [-0.05, 0) is 53.2 Å². The Labute approximate surface area is 131 Å². The molecule has 0 atom stereocenters. The molecule has 102 valence electrons. The van der Waals surface area contributed by atoms with Crippen molar-refractivity contribution in [3.8, 4) is 6.07 Å². The van der Waals surface area contributed by atoms with E-state index in [1.807, 2.05) is 43.3 Å². The normalized spacial score (nSPS) is 10.3. The number of halogens is 1. The van der Waals surface area contributed by atoms with Crippen LogP contribution in [0.25, 0.3) is 10.9 Å². The lowest BCUT2D eigenvalue weighted by atomic mass is 10.1. The first-order chi connectivity index (χ1) is 10.2. The number of fused-ring (bicyclic) bond motifs is 1. The second-order valence-corrected chi connectivity index (χ2v) is 5.62. The van der Waals surface area contributed by atoms with E-state index in [0.717, 1.165) is 32.4 Å². The van der Waals surface area contributed by atoms with E-state index in [9.17, 15) is 0 Å². The van der Waals surface area contributed by atoms with Crippen molar-refractivity contribution in [1.82, 2.24) is 4.98 Å². The minimum absolute atomic E-state index is 0.618. The van der Waals surface area contributed by atoms with Crippen LogP contribution in [-0.2, 0) is 0 Å². The Hall–Kier alpha value is -2.38. The molecule has 0 radical (unpaired) electrons. The van der Waals surface area contributed by atoms with Gasteiger partial charge in [-0.2, -0.15) is 5.26 Å². The Bertz CT molecular complexity index is 866. The van der Waals surface area contributed by atoms with Crippen LogP contribution in [-0.4, -0.2) is 4.98 Å². The van der Waals surface area contributed by atoms with E-state index >= 15 is 0 Å². The van der Waals surface area contributed by atoms with Gasteiger partial charge in [-0.25, -0.2) is 0 Å². The third-order valence-electron chi connectivity index (χ3n) is 3.23. The van der Waals surface area contributed by atoms with Gasteiger partial charge in [0.15, 0.2) is 0 Å². The maximum Gasteiger partial charge on any atom is 0.100 e. The molecular formula is C17H12BrN3.